The molecule has 3 heteroatoms. The number of hydrogen-bond donors (Lipinski definition) is 1. The summed E-state index contributed by atoms with van der Waals surface area (Å²) >= 11 is 0. The summed E-state index contributed by atoms with van der Waals surface area (Å²) in [4.78, 5) is 11.5. The highest BCUT2D eigenvalue weighted by molar-refractivity contribution is 6.81. The van der Waals surface area contributed by atoms with Gasteiger partial charge in [0.25, 0.3) is 0 Å². The predicted octanol–water partition coefficient (Wildman–Crippen LogP) is 8.81. The molecule has 0 saturated heterocycles. The summed E-state index contributed by atoms with van der Waals surface area (Å²) in [6, 6.07) is 0. The molecule has 2 nitrogen and oxygen atoms in total. The molecule has 1 N–H and O–H groups in total. The summed E-state index contributed by atoms with van der Waals surface area (Å²) in [7, 11) is -1.49. The van der Waals surface area contributed by atoms with Gasteiger partial charge < -0.3 is 9.90 Å². The minimum atomic E-state index is -1.49. The van der Waals surface area contributed by atoms with Gasteiger partial charge in [-0.25, -0.2) is 0 Å². The lowest BCUT2D eigenvalue weighted by molar-refractivity contribution is -0.117. The number of aliphatic hydroxyl groups excluding tert-OH is 1. The second kappa shape index (κ2) is 9.40. The Bertz CT molecular complexity index is 837. The smallest absolute Gasteiger partial charge is 0.129 e. The van der Waals surface area contributed by atoms with Crippen molar-refractivity contribution < 1.29 is 9.90 Å². The number of fused-ring (bicyclic) bond motifs is 5. The van der Waals surface area contributed by atoms with Crippen molar-refractivity contribution in [2.24, 2.45) is 40.4 Å². The average Bonchev–Trinajstić information content (AvgIpc) is 3.10. The molecule has 0 heterocycles. The van der Waals surface area contributed by atoms with E-state index in [1.807, 2.05) is 0 Å². The van der Waals surface area contributed by atoms with E-state index in [9.17, 15) is 9.90 Å². The summed E-state index contributed by atoms with van der Waals surface area (Å²) in [5, 5.41) is 12.2. The highest BCUT2D eigenvalue weighted by atomic mass is 28.3. The van der Waals surface area contributed by atoms with Crippen molar-refractivity contribution in [2.45, 2.75) is 142 Å². The number of ketones is 1. The van der Waals surface area contributed by atoms with Gasteiger partial charge in [0, 0.05) is 11.8 Å². The zero-order valence-corrected chi connectivity index (χ0v) is 25.5. The fraction of sp³-hybridized carbons (Fsp3) is 0.906. The van der Waals surface area contributed by atoms with Crippen LogP contribution in [-0.4, -0.2) is 25.1 Å². The first-order chi connectivity index (χ1) is 16.1. The van der Waals surface area contributed by atoms with E-state index < -0.39 is 8.07 Å². The highest BCUT2D eigenvalue weighted by Gasteiger charge is 2.62. The van der Waals surface area contributed by atoms with Crippen LogP contribution < -0.4 is 0 Å². The first kappa shape index (κ1) is 27.6. The van der Waals surface area contributed by atoms with Crippen molar-refractivity contribution in [3.8, 4) is 0 Å². The number of aliphatic hydroxyl groups is 1. The Morgan fingerprint density at radius 1 is 1.17 bits per heavy atom. The van der Waals surface area contributed by atoms with Gasteiger partial charge in [-0.05, 0) is 104 Å². The largest absolute Gasteiger partial charge is 0.392 e. The van der Waals surface area contributed by atoms with E-state index >= 15 is 0 Å². The van der Waals surface area contributed by atoms with E-state index in [1.54, 1.807) is 12.5 Å². The minimum Gasteiger partial charge on any atom is -0.392 e. The number of hydrogen-bond acceptors (Lipinski definition) is 2. The summed E-state index contributed by atoms with van der Waals surface area (Å²) in [6.45, 7) is 21.7. The van der Waals surface area contributed by atoms with E-state index in [4.69, 9.17) is 0 Å². The standard InChI is InChI=1S/C32H56O2Si/c1-21(11-10-12-22(2)33)26-15-16-27-25-14-13-23-19-24(35(8,9)30(3,4)5)20-29(34)32(23,7)28(25)17-18-31(26,27)6/h13,21,24-29,34H,10-12,14-20H2,1-9H3/t21-,24?,25+,26-,27+,28+,29?,31-,32+/m1/s1. The molecule has 4 aliphatic rings. The lowest BCUT2D eigenvalue weighted by atomic mass is 9.46. The summed E-state index contributed by atoms with van der Waals surface area (Å²) in [5.74, 6) is 4.07. The quantitative estimate of drug-likeness (QED) is 0.292. The first-order valence-corrected chi connectivity index (χ1v) is 18.1. The highest BCUT2D eigenvalue weighted by Crippen LogP contribution is 2.68. The van der Waals surface area contributed by atoms with Crippen LogP contribution in [0.1, 0.15) is 113 Å². The van der Waals surface area contributed by atoms with Crippen LogP contribution >= 0.6 is 0 Å². The zero-order chi connectivity index (χ0) is 26.0. The fourth-order valence-electron chi connectivity index (χ4n) is 9.74. The van der Waals surface area contributed by atoms with Crippen LogP contribution in [0.5, 0.6) is 0 Å². The molecule has 0 aliphatic heterocycles. The van der Waals surface area contributed by atoms with Crippen molar-refractivity contribution >= 4 is 13.9 Å². The third kappa shape index (κ3) is 4.47. The third-order valence-electron chi connectivity index (χ3n) is 13.1. The minimum absolute atomic E-state index is 0.00565. The monoisotopic (exact) mass is 500 g/mol. The maximum absolute atomic E-state index is 11.8. The molecule has 0 aromatic heterocycles. The van der Waals surface area contributed by atoms with E-state index in [1.165, 1.54) is 44.9 Å². The van der Waals surface area contributed by atoms with Crippen molar-refractivity contribution in [3.05, 3.63) is 11.6 Å². The number of carbonyl (C=O) groups is 1. The molecule has 0 spiro atoms. The summed E-state index contributed by atoms with van der Waals surface area (Å²) < 4.78 is 0. The van der Waals surface area contributed by atoms with Crippen LogP contribution in [0.3, 0.4) is 0 Å². The van der Waals surface area contributed by atoms with Crippen LogP contribution in [0.25, 0.3) is 0 Å². The Hall–Kier alpha value is -0.413. The molecule has 9 atom stereocenters. The Balaban J connectivity index is 1.54. The van der Waals surface area contributed by atoms with Crippen molar-refractivity contribution in [1.29, 1.82) is 0 Å². The average molecular weight is 501 g/mol. The molecule has 3 saturated carbocycles. The van der Waals surface area contributed by atoms with Gasteiger partial charge in [-0.1, -0.05) is 72.7 Å². The van der Waals surface area contributed by atoms with Crippen molar-refractivity contribution in [1.82, 2.24) is 0 Å². The molecule has 4 aliphatic carbocycles. The summed E-state index contributed by atoms with van der Waals surface area (Å²) in [5.41, 5.74) is 2.76. The van der Waals surface area contributed by atoms with E-state index in [0.717, 1.165) is 42.9 Å². The second-order valence-electron chi connectivity index (χ2n) is 15.5. The maximum Gasteiger partial charge on any atom is 0.129 e. The predicted molar refractivity (Wildman–Crippen MR) is 151 cm³/mol. The number of rotatable bonds is 6. The molecule has 0 radical (unpaired) electrons. The Morgan fingerprint density at radius 3 is 2.49 bits per heavy atom. The Morgan fingerprint density at radius 2 is 1.86 bits per heavy atom. The van der Waals surface area contributed by atoms with Crippen LogP contribution in [0, 0.1) is 40.4 Å². The van der Waals surface area contributed by atoms with Crippen LogP contribution in [0.4, 0.5) is 0 Å². The molecular weight excluding hydrogens is 444 g/mol. The Kier molecular flexibility index (Phi) is 7.42. The molecule has 3 fully saturated rings. The number of allylic oxidation sites excluding steroid dienone is 1. The van der Waals surface area contributed by atoms with Crippen LogP contribution in [0.2, 0.25) is 23.7 Å². The van der Waals surface area contributed by atoms with Gasteiger partial charge in [0.05, 0.1) is 14.2 Å². The Labute approximate surface area is 218 Å². The van der Waals surface area contributed by atoms with E-state index in [2.05, 4.69) is 60.7 Å². The zero-order valence-electron chi connectivity index (χ0n) is 24.5. The second-order valence-corrected chi connectivity index (χ2v) is 21.3. The van der Waals surface area contributed by atoms with Gasteiger partial charge in [0.2, 0.25) is 0 Å². The van der Waals surface area contributed by atoms with Gasteiger partial charge >= 0.3 is 0 Å². The van der Waals surface area contributed by atoms with Crippen LogP contribution in [-0.2, 0) is 4.79 Å². The van der Waals surface area contributed by atoms with Gasteiger partial charge in [-0.2, -0.15) is 0 Å². The molecule has 0 aromatic carbocycles. The molecular formula is C32H56O2Si. The van der Waals surface area contributed by atoms with Crippen LogP contribution in [0.15, 0.2) is 11.6 Å². The molecule has 200 valence electrons. The van der Waals surface area contributed by atoms with Gasteiger partial charge in [-0.3, -0.25) is 0 Å². The van der Waals surface area contributed by atoms with E-state index in [-0.39, 0.29) is 11.5 Å². The molecule has 35 heavy (non-hydrogen) atoms. The molecule has 0 amide bonds. The lowest BCUT2D eigenvalue weighted by Crippen LogP contribution is -2.57. The van der Waals surface area contributed by atoms with Crippen molar-refractivity contribution in [2.75, 3.05) is 0 Å². The topological polar surface area (TPSA) is 37.3 Å². The van der Waals surface area contributed by atoms with Crippen molar-refractivity contribution in [3.63, 3.8) is 0 Å². The number of Topliss-reactive ketones (excluding diaryl/α,β-unsaturated/α-hetero) is 1. The molecule has 2 unspecified atom stereocenters. The normalized spacial score (nSPS) is 42.5. The van der Waals surface area contributed by atoms with Gasteiger partial charge in [0.15, 0.2) is 0 Å². The molecule has 4 rings (SSSR count). The maximum atomic E-state index is 11.8. The van der Waals surface area contributed by atoms with E-state index in [0.29, 0.717) is 27.7 Å². The lowest BCUT2D eigenvalue weighted by Gasteiger charge is -2.61. The molecule has 0 bridgehead atoms. The SMILES string of the molecule is CC(=O)CCC[C@@H](C)[C@H]1CC[C@H]2[C@@H]3CC=C4CC([Si](C)(C)C(C)(C)C)CC(O)[C@]4(C)[C@H]3CC[C@]12C. The first-order valence-electron chi connectivity index (χ1n) is 15.0. The van der Waals surface area contributed by atoms with Gasteiger partial charge in [-0.15, -0.1) is 0 Å². The fourth-order valence-corrected chi connectivity index (χ4v) is 12.5. The third-order valence-corrected chi connectivity index (χ3v) is 19.5. The van der Waals surface area contributed by atoms with Gasteiger partial charge in [0.1, 0.15) is 5.78 Å². The summed E-state index contributed by atoms with van der Waals surface area (Å²) in [6.07, 6.45) is 14.4. The number of carbonyl (C=O) groups excluding carboxylic acids is 1. The molecule has 0 aromatic rings.